The summed E-state index contributed by atoms with van der Waals surface area (Å²) in [7, 11) is 0. The van der Waals surface area contributed by atoms with E-state index in [1.54, 1.807) is 26.0 Å². The maximum atomic E-state index is 12.6. The van der Waals surface area contributed by atoms with E-state index in [9.17, 15) is 9.59 Å². The fraction of sp³-hybridized carbons (Fsp3) is 0.250. The number of anilines is 1. The van der Waals surface area contributed by atoms with Crippen molar-refractivity contribution < 1.29 is 14.3 Å². The van der Waals surface area contributed by atoms with Crippen molar-refractivity contribution in [3.05, 3.63) is 66.2 Å². The number of para-hydroxylation sites is 1. The van der Waals surface area contributed by atoms with Crippen molar-refractivity contribution in [2.75, 3.05) is 5.01 Å². The Kier molecular flexibility index (Phi) is 4.93. The monoisotopic (exact) mass is 336 g/mol. The lowest BCUT2D eigenvalue weighted by atomic mass is 9.89. The first kappa shape index (κ1) is 16.9. The summed E-state index contributed by atoms with van der Waals surface area (Å²) in [4.78, 5) is 25.2. The van der Waals surface area contributed by atoms with Gasteiger partial charge in [0.25, 0.3) is 0 Å². The van der Waals surface area contributed by atoms with E-state index in [0.717, 1.165) is 5.56 Å². The third kappa shape index (κ3) is 3.76. The molecule has 2 aromatic rings. The Labute approximate surface area is 146 Å². The number of carbonyl (C=O) groups excluding carboxylic acids is 2. The lowest BCUT2D eigenvalue weighted by molar-refractivity contribution is -0.139. The molecule has 0 radical (unpaired) electrons. The largest absolute Gasteiger partial charge is 0.458 e. The van der Waals surface area contributed by atoms with Crippen LogP contribution in [-0.2, 0) is 14.3 Å². The van der Waals surface area contributed by atoms with Gasteiger partial charge in [-0.15, -0.1) is 0 Å². The summed E-state index contributed by atoms with van der Waals surface area (Å²) in [5, 5.41) is 5.66. The smallest absolute Gasteiger partial charge is 0.355 e. The highest BCUT2D eigenvalue weighted by molar-refractivity contribution is 6.40. The molecule has 0 unspecified atom stereocenters. The molecular formula is C20H20N2O3. The van der Waals surface area contributed by atoms with Crippen molar-refractivity contribution >= 4 is 23.3 Å². The Morgan fingerprint density at radius 1 is 1.08 bits per heavy atom. The van der Waals surface area contributed by atoms with Crippen molar-refractivity contribution in [3.8, 4) is 0 Å². The number of carbonyl (C=O) groups is 2. The number of hydrogen-bond donors (Lipinski definition) is 0. The van der Waals surface area contributed by atoms with Gasteiger partial charge in [-0.3, -0.25) is 4.79 Å². The van der Waals surface area contributed by atoms with Gasteiger partial charge in [0.1, 0.15) is 0 Å². The number of hydrogen-bond acceptors (Lipinski definition) is 4. The molecule has 0 bridgehead atoms. The fourth-order valence-corrected chi connectivity index (χ4v) is 2.78. The number of amides is 1. The second kappa shape index (κ2) is 7.30. The summed E-state index contributed by atoms with van der Waals surface area (Å²) >= 11 is 0. The molecule has 5 nitrogen and oxygen atoms in total. The zero-order valence-corrected chi connectivity index (χ0v) is 14.3. The number of benzene rings is 2. The molecule has 0 aliphatic carbocycles. The zero-order valence-electron chi connectivity index (χ0n) is 14.3. The molecule has 1 amide bonds. The number of rotatable bonds is 4. The Morgan fingerprint density at radius 3 is 2.28 bits per heavy atom. The maximum Gasteiger partial charge on any atom is 0.355 e. The Balaban J connectivity index is 2.02. The van der Waals surface area contributed by atoms with E-state index in [1.807, 2.05) is 48.5 Å². The van der Waals surface area contributed by atoms with Gasteiger partial charge in [0, 0.05) is 12.3 Å². The normalized spacial score (nSPS) is 17.4. The van der Waals surface area contributed by atoms with Crippen LogP contribution in [0.15, 0.2) is 65.8 Å². The molecule has 0 fully saturated rings. The van der Waals surface area contributed by atoms with Gasteiger partial charge in [-0.25, -0.2) is 9.80 Å². The summed E-state index contributed by atoms with van der Waals surface area (Å²) in [5.41, 5.74) is 1.76. The van der Waals surface area contributed by atoms with Crippen LogP contribution in [0.1, 0.15) is 31.7 Å². The van der Waals surface area contributed by atoms with Gasteiger partial charge >= 0.3 is 5.97 Å². The highest BCUT2D eigenvalue weighted by Gasteiger charge is 2.36. The molecule has 1 atom stereocenters. The molecule has 0 N–H and O–H groups in total. The Morgan fingerprint density at radius 2 is 1.68 bits per heavy atom. The van der Waals surface area contributed by atoms with Gasteiger partial charge in [-0.2, -0.15) is 5.10 Å². The molecule has 0 spiro atoms. The predicted molar refractivity (Wildman–Crippen MR) is 96.4 cm³/mol. The zero-order chi connectivity index (χ0) is 17.8. The molecule has 128 valence electrons. The first-order valence-corrected chi connectivity index (χ1v) is 8.28. The molecule has 0 aromatic heterocycles. The van der Waals surface area contributed by atoms with Crippen molar-refractivity contribution in [2.45, 2.75) is 32.3 Å². The maximum absolute atomic E-state index is 12.6. The molecule has 25 heavy (non-hydrogen) atoms. The Bertz CT molecular complexity index is 785. The molecule has 3 rings (SSSR count). The minimum absolute atomic E-state index is 0.152. The summed E-state index contributed by atoms with van der Waals surface area (Å²) in [6.45, 7) is 3.58. The number of nitrogens with zero attached hydrogens (tertiary/aromatic N) is 2. The summed E-state index contributed by atoms with van der Waals surface area (Å²) in [6.07, 6.45) is -0.0836. The van der Waals surface area contributed by atoms with E-state index in [0.29, 0.717) is 5.69 Å². The van der Waals surface area contributed by atoms with E-state index in [1.165, 1.54) is 5.01 Å². The second-order valence-electron chi connectivity index (χ2n) is 6.15. The topological polar surface area (TPSA) is 59.0 Å². The van der Waals surface area contributed by atoms with Crippen LogP contribution in [0.5, 0.6) is 0 Å². The SMILES string of the molecule is CC(C)OC(=O)C1=NN(c2ccccc2)C(=O)C[C@H]1c1ccccc1. The highest BCUT2D eigenvalue weighted by Crippen LogP contribution is 2.30. The Hall–Kier alpha value is -2.95. The summed E-state index contributed by atoms with van der Waals surface area (Å²) in [5.74, 6) is -1.04. The molecule has 1 aliphatic rings. The molecular weight excluding hydrogens is 316 g/mol. The van der Waals surface area contributed by atoms with Crippen LogP contribution in [0.25, 0.3) is 0 Å². The van der Waals surface area contributed by atoms with Crippen molar-refractivity contribution in [3.63, 3.8) is 0 Å². The summed E-state index contributed by atoms with van der Waals surface area (Å²) < 4.78 is 5.35. The third-order valence-corrected chi connectivity index (χ3v) is 3.91. The van der Waals surface area contributed by atoms with Crippen LogP contribution >= 0.6 is 0 Å². The quantitative estimate of drug-likeness (QED) is 0.803. The van der Waals surface area contributed by atoms with Crippen molar-refractivity contribution in [2.24, 2.45) is 5.10 Å². The predicted octanol–water partition coefficient (Wildman–Crippen LogP) is 3.51. The molecule has 0 saturated carbocycles. The van der Waals surface area contributed by atoms with E-state index >= 15 is 0 Å². The molecule has 5 heteroatoms. The summed E-state index contributed by atoms with van der Waals surface area (Å²) in [6, 6.07) is 18.6. The van der Waals surface area contributed by atoms with Crippen molar-refractivity contribution in [1.82, 2.24) is 0 Å². The van der Waals surface area contributed by atoms with Gasteiger partial charge in [-0.05, 0) is 31.5 Å². The number of ether oxygens (including phenoxy) is 1. The van der Waals surface area contributed by atoms with Crippen LogP contribution in [-0.4, -0.2) is 23.7 Å². The van der Waals surface area contributed by atoms with E-state index < -0.39 is 11.9 Å². The minimum atomic E-state index is -0.489. The van der Waals surface area contributed by atoms with Crippen LogP contribution in [0.4, 0.5) is 5.69 Å². The van der Waals surface area contributed by atoms with E-state index in [4.69, 9.17) is 4.74 Å². The van der Waals surface area contributed by atoms with Crippen LogP contribution < -0.4 is 5.01 Å². The standard InChI is InChI=1S/C20H20N2O3/c1-14(2)25-20(24)19-17(15-9-5-3-6-10-15)13-18(23)22(21-19)16-11-7-4-8-12-16/h3-12,14,17H,13H2,1-2H3/t17-/m0/s1. The molecule has 1 aliphatic heterocycles. The van der Waals surface area contributed by atoms with Gasteiger partial charge in [0.15, 0.2) is 5.71 Å². The number of hydrazone groups is 1. The highest BCUT2D eigenvalue weighted by atomic mass is 16.5. The fourth-order valence-electron chi connectivity index (χ4n) is 2.78. The average Bonchev–Trinajstić information content (AvgIpc) is 2.62. The van der Waals surface area contributed by atoms with E-state index in [-0.39, 0.29) is 24.1 Å². The first-order chi connectivity index (χ1) is 12.1. The lowest BCUT2D eigenvalue weighted by Gasteiger charge is -2.29. The lowest BCUT2D eigenvalue weighted by Crippen LogP contribution is -2.40. The molecule has 1 heterocycles. The van der Waals surface area contributed by atoms with Gasteiger partial charge in [-0.1, -0.05) is 48.5 Å². The van der Waals surface area contributed by atoms with E-state index in [2.05, 4.69) is 5.10 Å². The van der Waals surface area contributed by atoms with Gasteiger partial charge in [0.2, 0.25) is 5.91 Å². The van der Waals surface area contributed by atoms with Crippen molar-refractivity contribution in [1.29, 1.82) is 0 Å². The number of esters is 1. The van der Waals surface area contributed by atoms with Gasteiger partial charge in [0.05, 0.1) is 11.8 Å². The van der Waals surface area contributed by atoms with Crippen LogP contribution in [0.2, 0.25) is 0 Å². The molecule has 0 saturated heterocycles. The second-order valence-corrected chi connectivity index (χ2v) is 6.15. The molecule has 2 aromatic carbocycles. The van der Waals surface area contributed by atoms with Crippen LogP contribution in [0.3, 0.4) is 0 Å². The van der Waals surface area contributed by atoms with Crippen LogP contribution in [0, 0.1) is 0 Å². The van der Waals surface area contributed by atoms with Gasteiger partial charge < -0.3 is 4.74 Å². The minimum Gasteiger partial charge on any atom is -0.458 e. The first-order valence-electron chi connectivity index (χ1n) is 8.28. The average molecular weight is 336 g/mol. The third-order valence-electron chi connectivity index (χ3n) is 3.91.